The van der Waals surface area contributed by atoms with Gasteiger partial charge < -0.3 is 23.4 Å². The lowest BCUT2D eigenvalue weighted by Crippen LogP contribution is -2.10. The van der Waals surface area contributed by atoms with E-state index < -0.39 is 0 Å². The Bertz CT molecular complexity index is 4240. The predicted molar refractivity (Wildman–Crippen MR) is 307 cm³/mol. The van der Waals surface area contributed by atoms with Crippen LogP contribution in [0.3, 0.4) is 0 Å². The zero-order valence-electron chi connectivity index (χ0n) is 39.6. The number of rotatable bonds is 8. The number of aromatic nitrogens is 2. The van der Waals surface area contributed by atoms with Crippen molar-refractivity contribution in [2.75, 3.05) is 9.80 Å². The fourth-order valence-electron chi connectivity index (χ4n) is 11.8. The average molecular weight is 933 g/mol. The molecule has 0 fully saturated rings. The summed E-state index contributed by atoms with van der Waals surface area (Å²) in [5, 5.41) is 11.3. The Hall–Kier alpha value is -9.84. The number of benzene rings is 12. The summed E-state index contributed by atoms with van der Waals surface area (Å²) in [4.78, 5) is 4.72. The van der Waals surface area contributed by atoms with Crippen LogP contribution in [0.1, 0.15) is 0 Å². The van der Waals surface area contributed by atoms with E-state index in [0.29, 0.717) is 0 Å². The van der Waals surface area contributed by atoms with E-state index in [2.05, 4.69) is 286 Å². The highest BCUT2D eigenvalue weighted by Crippen LogP contribution is 2.48. The summed E-state index contributed by atoms with van der Waals surface area (Å²) in [6, 6.07) is 96.0. The maximum atomic E-state index is 7.43. The molecule has 3 heterocycles. The minimum absolute atomic E-state index is 0.892. The first-order valence-corrected chi connectivity index (χ1v) is 24.9. The van der Waals surface area contributed by atoms with Crippen LogP contribution in [0, 0.1) is 0 Å². The fraction of sp³-hybridized carbons (Fsp3) is 0. The van der Waals surface area contributed by atoms with Gasteiger partial charge in [-0.3, -0.25) is 0 Å². The maximum absolute atomic E-state index is 7.43. The van der Waals surface area contributed by atoms with Gasteiger partial charge in [0.05, 0.1) is 55.6 Å². The van der Waals surface area contributed by atoms with Crippen molar-refractivity contribution in [3.63, 3.8) is 0 Å². The molecular weight excluding hydrogens is 889 g/mol. The SMILES string of the molecule is c1ccc(N(c2ccccc2)c2ccc(-n3c4ccccc4c4c5oc6c(ccc7c6c6ccccc6n7-c6ccc(N(c7ccccc7)c7ccccc7)c7ccccc67)c5ccc43)c3ccccc23)cc1. The smallest absolute Gasteiger partial charge is 0.145 e. The van der Waals surface area contributed by atoms with Gasteiger partial charge in [-0.15, -0.1) is 0 Å². The molecule has 15 aromatic rings. The first kappa shape index (κ1) is 41.0. The van der Waals surface area contributed by atoms with Crippen LogP contribution in [0.5, 0.6) is 0 Å². The molecule has 15 rings (SSSR count). The third-order valence-corrected chi connectivity index (χ3v) is 14.9. The minimum atomic E-state index is 0.892. The number of furan rings is 1. The lowest BCUT2D eigenvalue weighted by Gasteiger charge is -2.27. The van der Waals surface area contributed by atoms with E-state index in [-0.39, 0.29) is 0 Å². The molecule has 12 aromatic carbocycles. The average Bonchev–Trinajstić information content (AvgIpc) is 4.12. The molecule has 0 unspecified atom stereocenters. The van der Waals surface area contributed by atoms with Crippen LogP contribution < -0.4 is 9.80 Å². The van der Waals surface area contributed by atoms with Crippen molar-refractivity contribution in [1.82, 2.24) is 9.13 Å². The molecule has 0 amide bonds. The van der Waals surface area contributed by atoms with Crippen molar-refractivity contribution in [3.8, 4) is 11.4 Å². The van der Waals surface area contributed by atoms with Crippen molar-refractivity contribution in [3.05, 3.63) is 267 Å². The van der Waals surface area contributed by atoms with Gasteiger partial charge in [-0.2, -0.15) is 0 Å². The van der Waals surface area contributed by atoms with Gasteiger partial charge in [-0.05, 0) is 109 Å². The lowest BCUT2D eigenvalue weighted by atomic mass is 10.0. The van der Waals surface area contributed by atoms with Crippen LogP contribution in [0.4, 0.5) is 34.1 Å². The quantitative estimate of drug-likeness (QED) is 0.152. The molecule has 0 radical (unpaired) electrons. The summed E-state index contributed by atoms with van der Waals surface area (Å²) in [7, 11) is 0. The van der Waals surface area contributed by atoms with Gasteiger partial charge in [-0.1, -0.05) is 158 Å². The molecule has 3 aromatic heterocycles. The van der Waals surface area contributed by atoms with Gasteiger partial charge in [0, 0.05) is 65.8 Å². The van der Waals surface area contributed by atoms with Crippen LogP contribution in [0.2, 0.25) is 0 Å². The Morgan fingerprint density at radius 3 is 0.918 bits per heavy atom. The summed E-state index contributed by atoms with van der Waals surface area (Å²) in [5.41, 5.74) is 15.1. The van der Waals surface area contributed by atoms with Crippen molar-refractivity contribution in [2.45, 2.75) is 0 Å². The molecule has 0 atom stereocenters. The highest BCUT2D eigenvalue weighted by Gasteiger charge is 2.25. The topological polar surface area (TPSA) is 29.5 Å². The van der Waals surface area contributed by atoms with Gasteiger partial charge in [0.2, 0.25) is 0 Å². The monoisotopic (exact) mass is 932 g/mol. The summed E-state index contributed by atoms with van der Waals surface area (Å²) in [5.74, 6) is 0. The van der Waals surface area contributed by atoms with E-state index >= 15 is 0 Å². The normalized spacial score (nSPS) is 11.8. The molecule has 0 saturated carbocycles. The zero-order valence-corrected chi connectivity index (χ0v) is 39.6. The second-order valence-corrected chi connectivity index (χ2v) is 18.8. The maximum Gasteiger partial charge on any atom is 0.145 e. The van der Waals surface area contributed by atoms with Gasteiger partial charge in [-0.25, -0.2) is 0 Å². The van der Waals surface area contributed by atoms with Gasteiger partial charge >= 0.3 is 0 Å². The molecule has 0 aliphatic carbocycles. The molecule has 342 valence electrons. The Balaban J connectivity index is 0.945. The van der Waals surface area contributed by atoms with Crippen LogP contribution in [0.15, 0.2) is 271 Å². The highest BCUT2D eigenvalue weighted by atomic mass is 16.3. The second kappa shape index (κ2) is 16.4. The van der Waals surface area contributed by atoms with Crippen LogP contribution in [-0.4, -0.2) is 9.13 Å². The van der Waals surface area contributed by atoms with E-state index in [1.54, 1.807) is 0 Å². The van der Waals surface area contributed by atoms with Crippen molar-refractivity contribution >= 4 is 121 Å². The van der Waals surface area contributed by atoms with Crippen molar-refractivity contribution < 1.29 is 4.42 Å². The summed E-state index contributed by atoms with van der Waals surface area (Å²) in [6.07, 6.45) is 0. The number of hydrogen-bond acceptors (Lipinski definition) is 3. The summed E-state index contributed by atoms with van der Waals surface area (Å²) >= 11 is 0. The third-order valence-electron chi connectivity index (χ3n) is 14.9. The molecule has 0 bridgehead atoms. The summed E-state index contributed by atoms with van der Waals surface area (Å²) < 4.78 is 12.3. The van der Waals surface area contributed by atoms with E-state index in [4.69, 9.17) is 4.42 Å². The largest absolute Gasteiger partial charge is 0.455 e. The summed E-state index contributed by atoms with van der Waals surface area (Å²) in [6.45, 7) is 0. The fourth-order valence-corrected chi connectivity index (χ4v) is 11.8. The van der Waals surface area contributed by atoms with Crippen LogP contribution in [0.25, 0.3) is 98.5 Å². The predicted octanol–water partition coefficient (Wildman–Crippen LogP) is 19.0. The van der Waals surface area contributed by atoms with E-state index in [1.807, 2.05) is 0 Å². The molecule has 5 heteroatoms. The molecule has 0 saturated heterocycles. The molecule has 73 heavy (non-hydrogen) atoms. The van der Waals surface area contributed by atoms with Crippen molar-refractivity contribution in [2.24, 2.45) is 0 Å². The third kappa shape index (κ3) is 6.22. The Labute approximate surface area is 420 Å². The molecule has 0 spiro atoms. The molecule has 0 aliphatic heterocycles. The molecular formula is C68H44N4O. The van der Waals surface area contributed by atoms with Crippen LogP contribution >= 0.6 is 0 Å². The van der Waals surface area contributed by atoms with Gasteiger partial charge in [0.1, 0.15) is 11.2 Å². The number of fused-ring (bicyclic) bond motifs is 13. The van der Waals surface area contributed by atoms with Gasteiger partial charge in [0.25, 0.3) is 0 Å². The molecule has 0 N–H and O–H groups in total. The first-order chi connectivity index (χ1) is 36.3. The minimum Gasteiger partial charge on any atom is -0.455 e. The lowest BCUT2D eigenvalue weighted by molar-refractivity contribution is 0.677. The van der Waals surface area contributed by atoms with Crippen LogP contribution in [-0.2, 0) is 0 Å². The Morgan fingerprint density at radius 1 is 0.233 bits per heavy atom. The Morgan fingerprint density at radius 2 is 0.548 bits per heavy atom. The Kier molecular flexibility index (Phi) is 9.19. The van der Waals surface area contributed by atoms with Gasteiger partial charge in [0.15, 0.2) is 0 Å². The van der Waals surface area contributed by atoms with E-state index in [9.17, 15) is 0 Å². The standard InChI is InChI=1S/C68H44N4O/c1-5-21-45(22-6-1)69(46-23-7-2-8-24-46)59-41-43-61(51-31-15-13-29-49(51)59)71-57-35-19-17-33-55(57)65-63(71)39-37-53-54-38-40-64-66(68(54)73-67(53)65)56-34-18-20-36-58(56)72(64)62-44-42-60(50-30-14-16-32-52(50)62)70(47-25-9-3-10-26-47)48-27-11-4-12-28-48/h1-44H. The molecule has 0 aliphatic rings. The van der Waals surface area contributed by atoms with Crippen molar-refractivity contribution in [1.29, 1.82) is 0 Å². The number of anilines is 6. The highest BCUT2D eigenvalue weighted by molar-refractivity contribution is 6.29. The number of nitrogens with zero attached hydrogens (tertiary/aromatic N) is 4. The second-order valence-electron chi connectivity index (χ2n) is 18.8. The van der Waals surface area contributed by atoms with E-state index in [0.717, 1.165) is 133 Å². The first-order valence-electron chi connectivity index (χ1n) is 24.9. The number of hydrogen-bond donors (Lipinski definition) is 0. The van der Waals surface area contributed by atoms with E-state index in [1.165, 1.54) is 0 Å². The molecule has 5 nitrogen and oxygen atoms in total. The zero-order chi connectivity index (χ0) is 48.0. The number of para-hydroxylation sites is 6.